The fraction of sp³-hybridized carbons (Fsp3) is 0.600. The zero-order valence-electron chi connectivity index (χ0n) is 13.1. The summed E-state index contributed by atoms with van der Waals surface area (Å²) in [5.74, 6) is -3.34. The molecule has 6 atom stereocenters. The van der Waals surface area contributed by atoms with Crippen molar-refractivity contribution in [3.63, 3.8) is 0 Å². The normalized spacial score (nSPS) is 40.4. The van der Waals surface area contributed by atoms with Crippen molar-refractivity contribution in [3.8, 4) is 0 Å². The first-order chi connectivity index (χ1) is 12.1. The summed E-state index contributed by atoms with van der Waals surface area (Å²) in [5.41, 5.74) is -7.59. The third-order valence-corrected chi connectivity index (χ3v) is 6.39. The first kappa shape index (κ1) is 20.5. The topological polar surface area (TPSA) is 218 Å². The van der Waals surface area contributed by atoms with Crippen LogP contribution in [0.15, 0.2) is 21.9 Å². The Morgan fingerprint density at radius 3 is 2.33 bits per heavy atom. The number of nitrogens with one attached hydrogen (secondary N) is 1. The third kappa shape index (κ3) is 2.96. The van der Waals surface area contributed by atoms with Gasteiger partial charge < -0.3 is 29.6 Å². The molecule has 2 unspecified atom stereocenters. The molecule has 0 radical (unpaired) electrons. The molecule has 6 N–H and O–H groups in total. The Kier molecular flexibility index (Phi) is 4.28. The monoisotopic (exact) mass is 434 g/mol. The van der Waals surface area contributed by atoms with Crippen LogP contribution in [0, 0.1) is 0 Å². The van der Waals surface area contributed by atoms with E-state index in [1.54, 1.807) is 0 Å². The van der Waals surface area contributed by atoms with Gasteiger partial charge in [0.05, 0.1) is 0 Å². The second kappa shape index (κ2) is 5.64. The molecule has 152 valence electrons. The lowest BCUT2D eigenvalue weighted by molar-refractivity contribution is -0.181. The number of hydrogen-bond donors (Lipinski definition) is 6. The van der Waals surface area contributed by atoms with E-state index < -0.39 is 56.3 Å². The average Bonchev–Trinajstić information content (AvgIpc) is 2.84. The molecule has 1 aromatic rings. The number of ether oxygens (including phenoxy) is 1. The number of hydrogen-bond acceptors (Lipinski definition) is 9. The van der Waals surface area contributed by atoms with Crippen molar-refractivity contribution in [2.45, 2.75) is 36.3 Å². The fourth-order valence-electron chi connectivity index (χ4n) is 2.97. The molecular formula is C10H13FN2O12P2. The van der Waals surface area contributed by atoms with E-state index in [2.05, 4.69) is 8.83 Å². The predicted octanol–water partition coefficient (Wildman–Crippen LogP) is -2.18. The van der Waals surface area contributed by atoms with E-state index in [1.807, 2.05) is 4.98 Å². The first-order valence-corrected chi connectivity index (χ1v) is 9.99. The molecule has 1 aromatic heterocycles. The molecule has 14 nitrogen and oxygen atoms in total. The number of aliphatic hydroxyl groups is 2. The van der Waals surface area contributed by atoms with Gasteiger partial charge >= 0.3 is 21.3 Å². The van der Waals surface area contributed by atoms with Gasteiger partial charge in [-0.2, -0.15) is 4.31 Å². The van der Waals surface area contributed by atoms with Gasteiger partial charge in [0.15, 0.2) is 17.9 Å². The predicted molar refractivity (Wildman–Crippen MR) is 78.7 cm³/mol. The van der Waals surface area contributed by atoms with E-state index in [9.17, 15) is 38.2 Å². The van der Waals surface area contributed by atoms with Crippen LogP contribution in [0.1, 0.15) is 13.2 Å². The van der Waals surface area contributed by atoms with E-state index in [4.69, 9.17) is 14.5 Å². The molecule has 1 aliphatic heterocycles. The molecule has 0 spiro atoms. The molecule has 2 heterocycles. The van der Waals surface area contributed by atoms with E-state index in [0.717, 1.165) is 19.2 Å². The molecule has 2 fully saturated rings. The highest BCUT2D eigenvalue weighted by Gasteiger charge is 2.95. The standard InChI is InChI=1S/C10H13FN2O12P2/c1-8(16)6(13-3-2-4(14)12-7(13)15)23-10(11)5(9(8,10)17)24-27(21,22)25-26(18,19)20/h2-3,5-6,16-17H,1H3,(H,21,22)(H,12,14,15)(H2,18,19,20)/t5?,6-,8+,9+,10-/m1/s1. The number of phosphoric ester groups is 1. The minimum absolute atomic E-state index is 0.550. The summed E-state index contributed by atoms with van der Waals surface area (Å²) in [6.07, 6.45) is -3.43. The second-order valence-electron chi connectivity index (χ2n) is 6.07. The number of aromatic nitrogens is 2. The Morgan fingerprint density at radius 1 is 1.30 bits per heavy atom. The zero-order chi connectivity index (χ0) is 20.6. The minimum atomic E-state index is -5.58. The maximum absolute atomic E-state index is 14.9. The van der Waals surface area contributed by atoms with Crippen LogP contribution in [-0.4, -0.2) is 57.6 Å². The molecule has 0 amide bonds. The van der Waals surface area contributed by atoms with Gasteiger partial charge in [-0.3, -0.25) is 18.9 Å². The summed E-state index contributed by atoms with van der Waals surface area (Å²) in [4.78, 5) is 51.1. The lowest BCUT2D eigenvalue weighted by Gasteiger charge is -2.32. The van der Waals surface area contributed by atoms with E-state index in [-0.39, 0.29) is 0 Å². The summed E-state index contributed by atoms with van der Waals surface area (Å²) in [6.45, 7) is 0.812. The third-order valence-electron chi connectivity index (χ3n) is 4.24. The first-order valence-electron chi connectivity index (χ1n) is 6.96. The van der Waals surface area contributed by atoms with Crippen LogP contribution in [-0.2, 0) is 22.7 Å². The van der Waals surface area contributed by atoms with E-state index >= 15 is 0 Å². The van der Waals surface area contributed by atoms with Crippen molar-refractivity contribution >= 4 is 15.6 Å². The fourth-order valence-corrected chi connectivity index (χ4v) is 4.75. The summed E-state index contributed by atoms with van der Waals surface area (Å²) < 4.78 is 50.2. The average molecular weight is 434 g/mol. The number of aromatic amines is 1. The Balaban J connectivity index is 1.91. The highest BCUT2D eigenvalue weighted by molar-refractivity contribution is 7.60. The zero-order valence-corrected chi connectivity index (χ0v) is 14.9. The Hall–Kier alpha value is -1.25. The van der Waals surface area contributed by atoms with Crippen molar-refractivity contribution in [1.82, 2.24) is 9.55 Å². The number of alkyl halides is 1. The van der Waals surface area contributed by atoms with Crippen molar-refractivity contribution < 1.29 is 52.0 Å². The molecule has 1 saturated heterocycles. The summed E-state index contributed by atoms with van der Waals surface area (Å²) >= 11 is 0. The van der Waals surface area contributed by atoms with Crippen LogP contribution in [0.2, 0.25) is 0 Å². The maximum atomic E-state index is 14.9. The molecule has 2 aliphatic rings. The van der Waals surface area contributed by atoms with Crippen LogP contribution in [0.4, 0.5) is 4.39 Å². The van der Waals surface area contributed by atoms with Gasteiger partial charge in [0.25, 0.3) is 11.4 Å². The number of nitrogens with zero attached hydrogens (tertiary/aromatic N) is 1. The number of rotatable bonds is 5. The Morgan fingerprint density at radius 2 is 1.89 bits per heavy atom. The van der Waals surface area contributed by atoms with Gasteiger partial charge in [-0.05, 0) is 6.92 Å². The molecule has 0 bridgehead atoms. The molecule has 0 aromatic carbocycles. The van der Waals surface area contributed by atoms with E-state index in [0.29, 0.717) is 4.57 Å². The number of halogens is 1. The number of phosphoric acid groups is 2. The summed E-state index contributed by atoms with van der Waals surface area (Å²) in [7, 11) is -11.1. The summed E-state index contributed by atoms with van der Waals surface area (Å²) in [5, 5.41) is 20.9. The highest BCUT2D eigenvalue weighted by Crippen LogP contribution is 2.73. The van der Waals surface area contributed by atoms with Crippen LogP contribution < -0.4 is 11.2 Å². The van der Waals surface area contributed by atoms with Gasteiger partial charge in [0, 0.05) is 12.3 Å². The largest absolute Gasteiger partial charge is 0.481 e. The Bertz CT molecular complexity index is 1000. The van der Waals surface area contributed by atoms with Crippen LogP contribution >= 0.6 is 15.6 Å². The van der Waals surface area contributed by atoms with Gasteiger partial charge in [-0.25, -0.2) is 18.3 Å². The SMILES string of the molecule is C[C@]1(O)[C@H](n2ccc(=O)[nH]c2=O)O[C@]2(F)C(OP(=O)(O)OP(=O)(O)O)[C@]12O. The molecule has 3 rings (SSSR count). The Labute approximate surface area is 147 Å². The maximum Gasteiger partial charge on any atom is 0.481 e. The quantitative estimate of drug-likeness (QED) is 0.273. The second-order valence-corrected chi connectivity index (χ2v) is 8.86. The smallest absolute Gasteiger partial charge is 0.382 e. The molecular weight excluding hydrogens is 421 g/mol. The number of H-pyrrole nitrogens is 1. The van der Waals surface area contributed by atoms with Gasteiger partial charge in [0.1, 0.15) is 5.60 Å². The van der Waals surface area contributed by atoms with Gasteiger partial charge in [-0.15, -0.1) is 0 Å². The minimum Gasteiger partial charge on any atom is -0.382 e. The van der Waals surface area contributed by atoms with Crippen molar-refractivity contribution in [1.29, 1.82) is 0 Å². The van der Waals surface area contributed by atoms with E-state index in [1.165, 1.54) is 0 Å². The van der Waals surface area contributed by atoms with Crippen LogP contribution in [0.25, 0.3) is 0 Å². The lowest BCUT2D eigenvalue weighted by Crippen LogP contribution is -2.51. The molecule has 1 aliphatic carbocycles. The lowest BCUT2D eigenvalue weighted by atomic mass is 9.95. The highest BCUT2D eigenvalue weighted by atomic mass is 31.3. The molecule has 27 heavy (non-hydrogen) atoms. The number of fused-ring (bicyclic) bond motifs is 1. The molecule has 17 heteroatoms. The molecule has 1 saturated carbocycles. The van der Waals surface area contributed by atoms with Crippen molar-refractivity contribution in [2.75, 3.05) is 0 Å². The summed E-state index contributed by atoms with van der Waals surface area (Å²) in [6, 6.07) is 0.851. The van der Waals surface area contributed by atoms with Crippen molar-refractivity contribution in [3.05, 3.63) is 33.1 Å². The van der Waals surface area contributed by atoms with Gasteiger partial charge in [-0.1, -0.05) is 0 Å². The van der Waals surface area contributed by atoms with Crippen LogP contribution in [0.3, 0.4) is 0 Å². The van der Waals surface area contributed by atoms with Gasteiger partial charge in [0.2, 0.25) is 0 Å². The van der Waals surface area contributed by atoms with Crippen LogP contribution in [0.5, 0.6) is 0 Å². The van der Waals surface area contributed by atoms with Crippen molar-refractivity contribution in [2.24, 2.45) is 0 Å².